The predicted molar refractivity (Wildman–Crippen MR) is 63.2 cm³/mol. The van der Waals surface area contributed by atoms with Gasteiger partial charge in [-0.1, -0.05) is 22.9 Å². The number of alkyl halides is 1. The van der Waals surface area contributed by atoms with E-state index in [0.29, 0.717) is 5.56 Å². The Balaban J connectivity index is 2.54. The minimum absolute atomic E-state index is 0.0455. The summed E-state index contributed by atoms with van der Waals surface area (Å²) < 4.78 is 1.63. The Bertz CT molecular complexity index is 324. The Hall–Kier alpha value is -0.840. The number of carbonyl (C=O) groups is 1. The Morgan fingerprint density at radius 2 is 2.47 bits per heavy atom. The third-order valence-electron chi connectivity index (χ3n) is 2.25. The van der Waals surface area contributed by atoms with Crippen LogP contribution < -0.4 is 5.32 Å². The molecule has 1 heterocycles. The Labute approximate surface area is 98.2 Å². The molecule has 84 valence electrons. The van der Waals surface area contributed by atoms with Gasteiger partial charge in [0.25, 0.3) is 5.91 Å². The van der Waals surface area contributed by atoms with Gasteiger partial charge in [0.1, 0.15) is 0 Å². The second-order valence-electron chi connectivity index (χ2n) is 3.46. The molecular weight excluding hydrogens is 258 g/mol. The molecule has 1 aromatic rings. The number of halogens is 1. The Kier molecular flexibility index (Phi) is 4.81. The van der Waals surface area contributed by atoms with Crippen LogP contribution in [-0.2, 0) is 7.05 Å². The van der Waals surface area contributed by atoms with E-state index in [0.717, 1.165) is 18.2 Å². The monoisotopic (exact) mass is 273 g/mol. The predicted octanol–water partition coefficient (Wildman–Crippen LogP) is 1.71. The Morgan fingerprint density at radius 3 is 2.93 bits per heavy atom. The molecule has 1 aromatic heterocycles. The van der Waals surface area contributed by atoms with E-state index in [1.54, 1.807) is 24.1 Å². The van der Waals surface area contributed by atoms with E-state index in [-0.39, 0.29) is 11.9 Å². The highest BCUT2D eigenvalue weighted by atomic mass is 79.9. The largest absolute Gasteiger partial charge is 0.349 e. The van der Waals surface area contributed by atoms with E-state index in [9.17, 15) is 4.79 Å². The number of hydrogen-bond donors (Lipinski definition) is 1. The number of nitrogens with zero attached hydrogens (tertiary/aromatic N) is 2. The SMILES string of the molecule is CCC(CCBr)NC(=O)c1cnn(C)c1. The van der Waals surface area contributed by atoms with Crippen molar-refractivity contribution in [3.8, 4) is 0 Å². The normalized spacial score (nSPS) is 12.5. The summed E-state index contributed by atoms with van der Waals surface area (Å²) in [4.78, 5) is 11.7. The lowest BCUT2D eigenvalue weighted by Crippen LogP contribution is -2.34. The molecule has 1 amide bonds. The van der Waals surface area contributed by atoms with Crippen molar-refractivity contribution in [3.63, 3.8) is 0 Å². The highest BCUT2D eigenvalue weighted by molar-refractivity contribution is 9.09. The molecule has 0 bridgehead atoms. The van der Waals surface area contributed by atoms with Crippen LogP contribution in [0.3, 0.4) is 0 Å². The van der Waals surface area contributed by atoms with Crippen LogP contribution in [0.15, 0.2) is 12.4 Å². The van der Waals surface area contributed by atoms with Crippen LogP contribution in [0.2, 0.25) is 0 Å². The van der Waals surface area contributed by atoms with Crippen molar-refractivity contribution in [1.29, 1.82) is 0 Å². The zero-order chi connectivity index (χ0) is 11.3. The fourth-order valence-corrected chi connectivity index (χ4v) is 1.87. The van der Waals surface area contributed by atoms with E-state index in [2.05, 4.69) is 33.3 Å². The van der Waals surface area contributed by atoms with Crippen molar-refractivity contribution >= 4 is 21.8 Å². The van der Waals surface area contributed by atoms with Crippen molar-refractivity contribution in [3.05, 3.63) is 18.0 Å². The first-order chi connectivity index (χ1) is 7.17. The number of nitrogens with one attached hydrogen (secondary N) is 1. The van der Waals surface area contributed by atoms with Crippen molar-refractivity contribution < 1.29 is 4.79 Å². The van der Waals surface area contributed by atoms with E-state index in [1.165, 1.54) is 0 Å². The molecule has 0 radical (unpaired) electrons. The number of hydrogen-bond acceptors (Lipinski definition) is 2. The molecule has 1 unspecified atom stereocenters. The van der Waals surface area contributed by atoms with Crippen LogP contribution in [-0.4, -0.2) is 27.1 Å². The van der Waals surface area contributed by atoms with E-state index >= 15 is 0 Å². The number of carbonyl (C=O) groups excluding carboxylic acids is 1. The summed E-state index contributed by atoms with van der Waals surface area (Å²) in [6.45, 7) is 2.07. The average molecular weight is 274 g/mol. The lowest BCUT2D eigenvalue weighted by atomic mass is 10.1. The molecule has 0 saturated carbocycles. The molecule has 0 aliphatic carbocycles. The second-order valence-corrected chi connectivity index (χ2v) is 4.25. The van der Waals surface area contributed by atoms with E-state index in [4.69, 9.17) is 0 Å². The summed E-state index contributed by atoms with van der Waals surface area (Å²) in [5, 5.41) is 7.84. The number of amides is 1. The maximum Gasteiger partial charge on any atom is 0.254 e. The molecule has 0 spiro atoms. The summed E-state index contributed by atoms with van der Waals surface area (Å²) >= 11 is 3.37. The van der Waals surface area contributed by atoms with Gasteiger partial charge in [0.15, 0.2) is 0 Å². The van der Waals surface area contributed by atoms with Crippen molar-refractivity contribution in [2.45, 2.75) is 25.8 Å². The number of aromatic nitrogens is 2. The van der Waals surface area contributed by atoms with Gasteiger partial charge in [0.2, 0.25) is 0 Å². The lowest BCUT2D eigenvalue weighted by molar-refractivity contribution is 0.0935. The van der Waals surface area contributed by atoms with E-state index < -0.39 is 0 Å². The van der Waals surface area contributed by atoms with Crippen LogP contribution in [0, 0.1) is 0 Å². The summed E-state index contributed by atoms with van der Waals surface area (Å²) in [6, 6.07) is 0.233. The molecule has 1 rings (SSSR count). The highest BCUT2D eigenvalue weighted by Gasteiger charge is 2.12. The second kappa shape index (κ2) is 5.90. The van der Waals surface area contributed by atoms with Crippen LogP contribution in [0.25, 0.3) is 0 Å². The molecule has 0 aliphatic rings. The molecule has 4 nitrogen and oxygen atoms in total. The van der Waals surface area contributed by atoms with Gasteiger partial charge in [-0.15, -0.1) is 0 Å². The zero-order valence-corrected chi connectivity index (χ0v) is 10.6. The fourth-order valence-electron chi connectivity index (χ4n) is 1.32. The molecule has 15 heavy (non-hydrogen) atoms. The topological polar surface area (TPSA) is 46.9 Å². The molecule has 0 saturated heterocycles. The molecule has 1 atom stereocenters. The summed E-state index contributed by atoms with van der Waals surface area (Å²) in [7, 11) is 1.80. The van der Waals surface area contributed by atoms with Gasteiger partial charge in [0.05, 0.1) is 11.8 Å². The maximum atomic E-state index is 11.7. The first-order valence-corrected chi connectivity index (χ1v) is 6.15. The van der Waals surface area contributed by atoms with Gasteiger partial charge >= 0.3 is 0 Å². The smallest absolute Gasteiger partial charge is 0.254 e. The maximum absolute atomic E-state index is 11.7. The molecule has 0 aliphatic heterocycles. The van der Waals surface area contributed by atoms with Gasteiger partial charge in [0, 0.05) is 24.6 Å². The molecule has 5 heteroatoms. The molecule has 1 N–H and O–H groups in total. The van der Waals surface area contributed by atoms with Crippen molar-refractivity contribution in [2.75, 3.05) is 5.33 Å². The van der Waals surface area contributed by atoms with Gasteiger partial charge in [-0.2, -0.15) is 5.10 Å². The minimum atomic E-state index is -0.0455. The van der Waals surface area contributed by atoms with Gasteiger partial charge in [-0.3, -0.25) is 9.48 Å². The van der Waals surface area contributed by atoms with E-state index in [1.807, 2.05) is 0 Å². The van der Waals surface area contributed by atoms with Crippen LogP contribution in [0.5, 0.6) is 0 Å². The first-order valence-electron chi connectivity index (χ1n) is 5.02. The summed E-state index contributed by atoms with van der Waals surface area (Å²) in [6.07, 6.45) is 5.19. The van der Waals surface area contributed by atoms with Gasteiger partial charge in [-0.25, -0.2) is 0 Å². The molecular formula is C10H16BrN3O. The fraction of sp³-hybridized carbons (Fsp3) is 0.600. The van der Waals surface area contributed by atoms with Crippen LogP contribution in [0.4, 0.5) is 0 Å². The zero-order valence-electron chi connectivity index (χ0n) is 9.03. The van der Waals surface area contributed by atoms with Crippen LogP contribution in [0.1, 0.15) is 30.1 Å². The average Bonchev–Trinajstić information content (AvgIpc) is 2.64. The van der Waals surface area contributed by atoms with Crippen molar-refractivity contribution in [2.24, 2.45) is 7.05 Å². The first kappa shape index (κ1) is 12.2. The lowest BCUT2D eigenvalue weighted by Gasteiger charge is -2.14. The Morgan fingerprint density at radius 1 is 1.73 bits per heavy atom. The highest BCUT2D eigenvalue weighted by Crippen LogP contribution is 2.03. The summed E-state index contributed by atoms with van der Waals surface area (Å²) in [5.74, 6) is -0.0455. The number of rotatable bonds is 5. The molecule has 0 fully saturated rings. The molecule has 0 aromatic carbocycles. The quantitative estimate of drug-likeness (QED) is 0.831. The number of aryl methyl sites for hydroxylation is 1. The minimum Gasteiger partial charge on any atom is -0.349 e. The third kappa shape index (κ3) is 3.66. The third-order valence-corrected chi connectivity index (χ3v) is 2.71. The summed E-state index contributed by atoms with van der Waals surface area (Å²) in [5.41, 5.74) is 0.616. The standard InChI is InChI=1S/C10H16BrN3O/c1-3-9(4-5-11)13-10(15)8-6-12-14(2)7-8/h6-7,9H,3-5H2,1-2H3,(H,13,15). The van der Waals surface area contributed by atoms with Gasteiger partial charge < -0.3 is 5.32 Å². The van der Waals surface area contributed by atoms with Gasteiger partial charge in [-0.05, 0) is 12.8 Å². The van der Waals surface area contributed by atoms with Crippen molar-refractivity contribution in [1.82, 2.24) is 15.1 Å². The van der Waals surface area contributed by atoms with Crippen LogP contribution >= 0.6 is 15.9 Å².